The number of carbonyl (C=O) groups excluding carboxylic acids is 3. The zero-order valence-corrected chi connectivity index (χ0v) is 14.4. The van der Waals surface area contributed by atoms with E-state index in [0.717, 1.165) is 4.90 Å². The van der Waals surface area contributed by atoms with Gasteiger partial charge in [-0.1, -0.05) is 18.5 Å². The summed E-state index contributed by atoms with van der Waals surface area (Å²) in [5, 5.41) is 13.1. The summed E-state index contributed by atoms with van der Waals surface area (Å²) >= 11 is 6.10. The smallest absolute Gasteiger partial charge is 0.329 e. The van der Waals surface area contributed by atoms with Gasteiger partial charge < -0.3 is 24.7 Å². The number of halogens is 1. The van der Waals surface area contributed by atoms with Crippen molar-refractivity contribution in [1.29, 1.82) is 0 Å². The number of carbonyl (C=O) groups is 3. The third-order valence-electron chi connectivity index (χ3n) is 3.31. The van der Waals surface area contributed by atoms with E-state index in [0.29, 0.717) is 18.5 Å². The number of carboxylic acids is 1. The van der Waals surface area contributed by atoms with E-state index in [1.165, 1.54) is 25.3 Å². The molecule has 1 aliphatic heterocycles. The molecule has 1 N–H and O–H groups in total. The van der Waals surface area contributed by atoms with Gasteiger partial charge in [0.2, 0.25) is 0 Å². The molecule has 3 amide bonds. The van der Waals surface area contributed by atoms with Gasteiger partial charge in [-0.2, -0.15) is 0 Å². The lowest BCUT2D eigenvalue weighted by molar-refractivity contribution is -0.307. The highest BCUT2D eigenvalue weighted by Gasteiger charge is 2.32. The highest BCUT2D eigenvalue weighted by molar-refractivity contribution is 6.32. The van der Waals surface area contributed by atoms with Gasteiger partial charge in [0.15, 0.2) is 11.5 Å². The summed E-state index contributed by atoms with van der Waals surface area (Å²) in [4.78, 5) is 35.6. The molecular formula is C16H16ClN2O6-. The van der Waals surface area contributed by atoms with Gasteiger partial charge in [0.05, 0.1) is 18.1 Å². The molecule has 0 spiro atoms. The van der Waals surface area contributed by atoms with Gasteiger partial charge in [0, 0.05) is 6.54 Å². The molecule has 1 aromatic carbocycles. The predicted molar refractivity (Wildman–Crippen MR) is 87.0 cm³/mol. The van der Waals surface area contributed by atoms with E-state index in [9.17, 15) is 19.5 Å². The zero-order chi connectivity index (χ0) is 18.6. The van der Waals surface area contributed by atoms with Gasteiger partial charge >= 0.3 is 6.03 Å². The SMILES string of the molecule is CCCN1C(=O)N/C(=C/c2cc(Cl)c(OCC(=O)[O-])c(OC)c2)C1=O. The summed E-state index contributed by atoms with van der Waals surface area (Å²) in [6.07, 6.45) is 2.10. The summed E-state index contributed by atoms with van der Waals surface area (Å²) in [6.45, 7) is 1.50. The van der Waals surface area contributed by atoms with Gasteiger partial charge in [-0.25, -0.2) is 4.79 Å². The number of aliphatic carboxylic acids is 1. The fourth-order valence-corrected chi connectivity index (χ4v) is 2.53. The fourth-order valence-electron chi connectivity index (χ4n) is 2.26. The van der Waals surface area contributed by atoms with Crippen molar-refractivity contribution < 1.29 is 29.0 Å². The van der Waals surface area contributed by atoms with Crippen LogP contribution in [0.1, 0.15) is 18.9 Å². The van der Waals surface area contributed by atoms with E-state index in [1.807, 2.05) is 6.92 Å². The number of urea groups is 1. The van der Waals surface area contributed by atoms with Crippen molar-refractivity contribution in [2.75, 3.05) is 20.3 Å². The van der Waals surface area contributed by atoms with Gasteiger partial charge in [0.25, 0.3) is 5.91 Å². The molecule has 0 unspecified atom stereocenters. The quantitative estimate of drug-likeness (QED) is 0.563. The van der Waals surface area contributed by atoms with Crippen LogP contribution in [-0.4, -0.2) is 43.1 Å². The van der Waals surface area contributed by atoms with E-state index in [1.54, 1.807) is 0 Å². The molecule has 0 atom stereocenters. The molecule has 8 nitrogen and oxygen atoms in total. The van der Waals surface area contributed by atoms with Crippen LogP contribution in [0.15, 0.2) is 17.8 Å². The Kier molecular flexibility index (Phi) is 5.87. The second-order valence-electron chi connectivity index (χ2n) is 5.14. The van der Waals surface area contributed by atoms with Crippen LogP contribution < -0.4 is 19.9 Å². The maximum atomic E-state index is 12.2. The number of methoxy groups -OCH3 is 1. The highest BCUT2D eigenvalue weighted by Crippen LogP contribution is 2.37. The first-order chi connectivity index (χ1) is 11.9. The summed E-state index contributed by atoms with van der Waals surface area (Å²) in [6, 6.07) is 2.49. The van der Waals surface area contributed by atoms with Crippen molar-refractivity contribution in [1.82, 2.24) is 10.2 Å². The Bertz CT molecular complexity index is 746. The standard InChI is InChI=1S/C16H17ClN2O6/c1-3-4-19-15(22)11(18-16(19)23)6-9-5-10(17)14(12(7-9)24-2)25-8-13(20)21/h5-7H,3-4,8H2,1-2H3,(H,18,23)(H,20,21)/p-1/b11-6+. The Morgan fingerprint density at radius 3 is 2.72 bits per heavy atom. The first kappa shape index (κ1) is 18.6. The van der Waals surface area contributed by atoms with Gasteiger partial charge in [0.1, 0.15) is 12.3 Å². The molecule has 0 saturated carbocycles. The monoisotopic (exact) mass is 367 g/mol. The van der Waals surface area contributed by atoms with Crippen molar-refractivity contribution in [3.8, 4) is 11.5 Å². The summed E-state index contributed by atoms with van der Waals surface area (Å²) in [5.74, 6) is -1.61. The molecule has 1 saturated heterocycles. The first-order valence-electron chi connectivity index (χ1n) is 7.42. The Morgan fingerprint density at radius 1 is 1.40 bits per heavy atom. The maximum Gasteiger partial charge on any atom is 0.329 e. The fraction of sp³-hybridized carbons (Fsp3) is 0.312. The lowest BCUT2D eigenvalue weighted by Crippen LogP contribution is -2.31. The van der Waals surface area contributed by atoms with Crippen LogP contribution in [-0.2, 0) is 9.59 Å². The number of hydrogen-bond acceptors (Lipinski definition) is 6. The highest BCUT2D eigenvalue weighted by atomic mass is 35.5. The number of rotatable bonds is 7. The number of hydrogen-bond donors (Lipinski definition) is 1. The molecule has 0 aromatic heterocycles. The van der Waals surface area contributed by atoms with E-state index in [2.05, 4.69) is 5.32 Å². The van der Waals surface area contributed by atoms with Crippen molar-refractivity contribution in [2.45, 2.75) is 13.3 Å². The number of ether oxygens (including phenoxy) is 2. The average molecular weight is 368 g/mol. The third-order valence-corrected chi connectivity index (χ3v) is 3.59. The number of nitrogens with one attached hydrogen (secondary N) is 1. The molecule has 1 fully saturated rings. The van der Waals surface area contributed by atoms with Gasteiger partial charge in [-0.05, 0) is 30.2 Å². The van der Waals surface area contributed by atoms with E-state index >= 15 is 0 Å². The van der Waals surface area contributed by atoms with Gasteiger partial charge in [-0.3, -0.25) is 9.69 Å². The second kappa shape index (κ2) is 7.89. The van der Waals surface area contributed by atoms with E-state index in [-0.39, 0.29) is 22.2 Å². The molecule has 0 radical (unpaired) electrons. The van der Waals surface area contributed by atoms with Crippen LogP contribution in [0.5, 0.6) is 11.5 Å². The Balaban J connectivity index is 2.31. The number of nitrogens with zero attached hydrogens (tertiary/aromatic N) is 1. The number of benzene rings is 1. The Labute approximate surface area is 149 Å². The van der Waals surface area contributed by atoms with Crippen molar-refractivity contribution in [2.24, 2.45) is 0 Å². The second-order valence-corrected chi connectivity index (χ2v) is 5.55. The minimum atomic E-state index is -1.40. The molecule has 0 bridgehead atoms. The van der Waals surface area contributed by atoms with Crippen LogP contribution in [0.2, 0.25) is 5.02 Å². The van der Waals surface area contributed by atoms with Crippen molar-refractivity contribution >= 4 is 35.6 Å². The minimum absolute atomic E-state index is 0.0462. The Hall–Kier alpha value is -2.74. The first-order valence-corrected chi connectivity index (χ1v) is 7.79. The molecule has 1 aromatic rings. The Morgan fingerprint density at radius 2 is 2.12 bits per heavy atom. The molecule has 134 valence electrons. The van der Waals surface area contributed by atoms with E-state index < -0.39 is 24.5 Å². The molecule has 25 heavy (non-hydrogen) atoms. The largest absolute Gasteiger partial charge is 0.546 e. The molecule has 1 aliphatic rings. The molecule has 1 heterocycles. The minimum Gasteiger partial charge on any atom is -0.546 e. The molecule has 9 heteroatoms. The summed E-state index contributed by atoms with van der Waals surface area (Å²) in [7, 11) is 1.36. The van der Waals surface area contributed by atoms with Crippen LogP contribution >= 0.6 is 11.6 Å². The van der Waals surface area contributed by atoms with E-state index in [4.69, 9.17) is 21.1 Å². The zero-order valence-electron chi connectivity index (χ0n) is 13.6. The number of carboxylic acid groups (broad SMARTS) is 1. The molecule has 0 aliphatic carbocycles. The van der Waals surface area contributed by atoms with Crippen LogP contribution in [0, 0.1) is 0 Å². The summed E-state index contributed by atoms with van der Waals surface area (Å²) < 4.78 is 10.2. The lowest BCUT2D eigenvalue weighted by Gasteiger charge is -2.13. The maximum absolute atomic E-state index is 12.2. The summed E-state index contributed by atoms with van der Waals surface area (Å²) in [5.41, 5.74) is 0.588. The number of amides is 3. The average Bonchev–Trinajstić information content (AvgIpc) is 2.81. The normalized spacial score (nSPS) is 15.5. The molecule has 2 rings (SSSR count). The van der Waals surface area contributed by atoms with Crippen LogP contribution in [0.3, 0.4) is 0 Å². The van der Waals surface area contributed by atoms with Crippen LogP contribution in [0.25, 0.3) is 6.08 Å². The van der Waals surface area contributed by atoms with Crippen molar-refractivity contribution in [3.63, 3.8) is 0 Å². The molecular weight excluding hydrogens is 352 g/mol. The topological polar surface area (TPSA) is 108 Å². The van der Waals surface area contributed by atoms with Gasteiger partial charge in [-0.15, -0.1) is 0 Å². The number of imide groups is 1. The van der Waals surface area contributed by atoms with Crippen molar-refractivity contribution in [3.05, 3.63) is 28.4 Å². The predicted octanol–water partition coefficient (Wildman–Crippen LogP) is 0.780. The lowest BCUT2D eigenvalue weighted by atomic mass is 10.1. The van der Waals surface area contributed by atoms with Crippen LogP contribution in [0.4, 0.5) is 4.79 Å². The third kappa shape index (κ3) is 4.21.